The van der Waals surface area contributed by atoms with E-state index in [1.807, 2.05) is 43.3 Å². The van der Waals surface area contributed by atoms with Gasteiger partial charge in [0.05, 0.1) is 18.7 Å². The maximum Gasteiger partial charge on any atom is 0.234 e. The molecule has 2 unspecified atom stereocenters. The largest absolute Gasteiger partial charge is 0.390 e. The molecule has 2 atom stereocenters. The van der Waals surface area contributed by atoms with E-state index in [1.54, 1.807) is 0 Å². The van der Waals surface area contributed by atoms with Crippen molar-refractivity contribution in [3.05, 3.63) is 35.4 Å². The number of likely N-dealkylation sites (N-methyl/N-ethyl adjacent to an activating group) is 1. The second-order valence-corrected chi connectivity index (χ2v) is 4.75. The van der Waals surface area contributed by atoms with E-state index in [4.69, 9.17) is 0 Å². The van der Waals surface area contributed by atoms with Crippen LogP contribution in [-0.4, -0.2) is 42.7 Å². The molecule has 0 saturated heterocycles. The van der Waals surface area contributed by atoms with Crippen molar-refractivity contribution < 1.29 is 9.90 Å². The number of aliphatic hydroxyl groups is 1. The molecule has 0 heterocycles. The summed E-state index contributed by atoms with van der Waals surface area (Å²) in [5.41, 5.74) is 2.15. The minimum Gasteiger partial charge on any atom is -0.390 e. The molecule has 1 aliphatic rings. The smallest absolute Gasteiger partial charge is 0.234 e. The van der Waals surface area contributed by atoms with Crippen LogP contribution in [0.5, 0.6) is 0 Å². The normalized spacial score (nSPS) is 22.6. The zero-order chi connectivity index (χ0) is 12.4. The lowest BCUT2D eigenvalue weighted by Crippen LogP contribution is -2.39. The molecule has 1 aromatic rings. The summed E-state index contributed by atoms with van der Waals surface area (Å²) in [5.74, 6) is -0.0595. The van der Waals surface area contributed by atoms with Crippen molar-refractivity contribution in [2.75, 3.05) is 20.6 Å². The van der Waals surface area contributed by atoms with Crippen LogP contribution < -0.4 is 5.32 Å². The van der Waals surface area contributed by atoms with Crippen molar-refractivity contribution in [2.45, 2.75) is 18.6 Å². The van der Waals surface area contributed by atoms with Gasteiger partial charge in [-0.15, -0.1) is 0 Å². The molecule has 0 spiro atoms. The van der Waals surface area contributed by atoms with Crippen LogP contribution in [0.1, 0.15) is 17.2 Å². The predicted octanol–water partition coefficient (Wildman–Crippen LogP) is 0.322. The van der Waals surface area contributed by atoms with Crippen LogP contribution in [0.25, 0.3) is 0 Å². The molecule has 0 bridgehead atoms. The molecule has 4 nitrogen and oxygen atoms in total. The van der Waals surface area contributed by atoms with Gasteiger partial charge in [0.25, 0.3) is 0 Å². The summed E-state index contributed by atoms with van der Waals surface area (Å²) in [4.78, 5) is 13.5. The van der Waals surface area contributed by atoms with Gasteiger partial charge in [-0.2, -0.15) is 0 Å². The van der Waals surface area contributed by atoms with Gasteiger partial charge in [-0.1, -0.05) is 24.3 Å². The van der Waals surface area contributed by atoms with Crippen molar-refractivity contribution in [3.8, 4) is 0 Å². The summed E-state index contributed by atoms with van der Waals surface area (Å²) in [7, 11) is 3.69. The summed E-state index contributed by atoms with van der Waals surface area (Å²) in [5, 5.41) is 12.9. The molecule has 0 aromatic heterocycles. The van der Waals surface area contributed by atoms with Crippen LogP contribution in [0.4, 0.5) is 0 Å². The first-order chi connectivity index (χ1) is 8.08. The van der Waals surface area contributed by atoms with Gasteiger partial charge >= 0.3 is 0 Å². The van der Waals surface area contributed by atoms with Gasteiger partial charge in [0.15, 0.2) is 0 Å². The number of nitrogens with one attached hydrogen (secondary N) is 1. The Kier molecular flexibility index (Phi) is 3.45. The van der Waals surface area contributed by atoms with Crippen molar-refractivity contribution >= 4 is 5.91 Å². The number of fused-ring (bicyclic) bond motifs is 1. The number of nitrogens with zero attached hydrogens (tertiary/aromatic N) is 1. The minimum absolute atomic E-state index is 0.0595. The Balaban J connectivity index is 2.09. The van der Waals surface area contributed by atoms with Crippen LogP contribution in [0.2, 0.25) is 0 Å². The summed E-state index contributed by atoms with van der Waals surface area (Å²) in [6, 6.07) is 7.58. The van der Waals surface area contributed by atoms with E-state index in [1.165, 1.54) is 0 Å². The fourth-order valence-electron chi connectivity index (χ4n) is 2.25. The van der Waals surface area contributed by atoms with Gasteiger partial charge < -0.3 is 15.3 Å². The third-order valence-electron chi connectivity index (χ3n) is 2.98. The summed E-state index contributed by atoms with van der Waals surface area (Å²) >= 11 is 0. The highest BCUT2D eigenvalue weighted by Crippen LogP contribution is 2.30. The van der Waals surface area contributed by atoms with Crippen molar-refractivity contribution in [3.63, 3.8) is 0 Å². The Morgan fingerprint density at radius 2 is 2.18 bits per heavy atom. The van der Waals surface area contributed by atoms with E-state index < -0.39 is 6.10 Å². The highest BCUT2D eigenvalue weighted by atomic mass is 16.3. The summed E-state index contributed by atoms with van der Waals surface area (Å²) in [6.07, 6.45) is 0.0989. The van der Waals surface area contributed by atoms with Gasteiger partial charge in [-0.3, -0.25) is 4.79 Å². The van der Waals surface area contributed by atoms with E-state index in [2.05, 4.69) is 5.32 Å². The topological polar surface area (TPSA) is 52.6 Å². The van der Waals surface area contributed by atoms with E-state index in [0.29, 0.717) is 13.0 Å². The first-order valence-electron chi connectivity index (χ1n) is 5.78. The molecule has 1 aromatic carbocycles. The van der Waals surface area contributed by atoms with Crippen molar-refractivity contribution in [1.82, 2.24) is 10.2 Å². The summed E-state index contributed by atoms with van der Waals surface area (Å²) < 4.78 is 0. The maximum atomic E-state index is 11.7. The molecule has 1 amide bonds. The van der Waals surface area contributed by atoms with Crippen LogP contribution in [0.3, 0.4) is 0 Å². The maximum absolute atomic E-state index is 11.7. The van der Waals surface area contributed by atoms with Crippen molar-refractivity contribution in [2.24, 2.45) is 0 Å². The fourth-order valence-corrected chi connectivity index (χ4v) is 2.25. The molecule has 2 N–H and O–H groups in total. The Labute approximate surface area is 101 Å². The fraction of sp³-hybridized carbons (Fsp3) is 0.462. The molecule has 0 fully saturated rings. The Morgan fingerprint density at radius 1 is 1.47 bits per heavy atom. The van der Waals surface area contributed by atoms with Gasteiger partial charge in [-0.25, -0.2) is 0 Å². The molecule has 0 saturated carbocycles. The number of aliphatic hydroxyl groups excluding tert-OH is 1. The molecule has 1 aliphatic carbocycles. The lowest BCUT2D eigenvalue weighted by molar-refractivity contribution is -0.123. The average molecular weight is 234 g/mol. The van der Waals surface area contributed by atoms with Crippen LogP contribution in [0.15, 0.2) is 24.3 Å². The van der Waals surface area contributed by atoms with E-state index in [0.717, 1.165) is 11.1 Å². The number of amides is 1. The quantitative estimate of drug-likeness (QED) is 0.792. The Bertz CT molecular complexity index is 418. The third kappa shape index (κ3) is 2.65. The standard InChI is InChI=1S/C13H18N2O2/c1-15(2)8-12(17)14-13-10-6-4-3-5-9(10)7-11(13)16/h3-6,11,13,16H,7-8H2,1-2H3,(H,14,17). The lowest BCUT2D eigenvalue weighted by Gasteiger charge is -2.19. The average Bonchev–Trinajstić information content (AvgIpc) is 2.55. The highest BCUT2D eigenvalue weighted by Gasteiger charge is 2.31. The molecule has 17 heavy (non-hydrogen) atoms. The third-order valence-corrected chi connectivity index (χ3v) is 2.98. The monoisotopic (exact) mass is 234 g/mol. The zero-order valence-electron chi connectivity index (χ0n) is 10.2. The molecule has 0 aliphatic heterocycles. The second-order valence-electron chi connectivity index (χ2n) is 4.75. The van der Waals surface area contributed by atoms with E-state index in [-0.39, 0.29) is 11.9 Å². The van der Waals surface area contributed by atoms with Crippen molar-refractivity contribution in [1.29, 1.82) is 0 Å². The molecular weight excluding hydrogens is 216 g/mol. The van der Waals surface area contributed by atoms with Gasteiger partial charge in [0, 0.05) is 6.42 Å². The molecule has 92 valence electrons. The lowest BCUT2D eigenvalue weighted by atomic mass is 10.1. The number of carbonyl (C=O) groups is 1. The van der Waals surface area contributed by atoms with E-state index in [9.17, 15) is 9.90 Å². The number of carbonyl (C=O) groups excluding carboxylic acids is 1. The van der Waals surface area contributed by atoms with Gasteiger partial charge in [-0.05, 0) is 25.2 Å². The minimum atomic E-state index is -0.515. The van der Waals surface area contributed by atoms with Gasteiger partial charge in [0.1, 0.15) is 0 Å². The van der Waals surface area contributed by atoms with E-state index >= 15 is 0 Å². The molecule has 0 radical (unpaired) electrons. The molecule has 4 heteroatoms. The number of hydrogen-bond donors (Lipinski definition) is 2. The second kappa shape index (κ2) is 4.85. The van der Waals surface area contributed by atoms with Crippen LogP contribution >= 0.6 is 0 Å². The first-order valence-corrected chi connectivity index (χ1v) is 5.78. The van der Waals surface area contributed by atoms with Crippen LogP contribution in [0, 0.1) is 0 Å². The Morgan fingerprint density at radius 3 is 2.88 bits per heavy atom. The highest BCUT2D eigenvalue weighted by molar-refractivity contribution is 5.78. The molecular formula is C13H18N2O2. The van der Waals surface area contributed by atoms with Crippen LogP contribution in [-0.2, 0) is 11.2 Å². The first kappa shape index (κ1) is 12.1. The predicted molar refractivity (Wildman–Crippen MR) is 65.6 cm³/mol. The Hall–Kier alpha value is -1.39. The molecule has 2 rings (SSSR count). The number of benzene rings is 1. The number of hydrogen-bond acceptors (Lipinski definition) is 3. The SMILES string of the molecule is CN(C)CC(=O)NC1c2ccccc2CC1O. The zero-order valence-corrected chi connectivity index (χ0v) is 10.2. The van der Waals surface area contributed by atoms with Gasteiger partial charge in [0.2, 0.25) is 5.91 Å². The summed E-state index contributed by atoms with van der Waals surface area (Å²) in [6.45, 7) is 0.339. The number of rotatable bonds is 3.